The van der Waals surface area contributed by atoms with E-state index in [9.17, 15) is 4.79 Å². The van der Waals surface area contributed by atoms with E-state index in [0.717, 1.165) is 24.2 Å². The van der Waals surface area contributed by atoms with Gasteiger partial charge in [-0.25, -0.2) is 0 Å². The van der Waals surface area contributed by atoms with E-state index in [1.165, 1.54) is 0 Å². The lowest BCUT2D eigenvalue weighted by Crippen LogP contribution is -2.24. The number of amides is 1. The van der Waals surface area contributed by atoms with Gasteiger partial charge in [0.15, 0.2) is 11.5 Å². The number of nitrogens with one attached hydrogen (secondary N) is 1. The number of aryl methyl sites for hydroxylation is 1. The maximum Gasteiger partial charge on any atom is 0.251 e. The molecule has 0 aliphatic rings. The van der Waals surface area contributed by atoms with Crippen LogP contribution in [0.1, 0.15) is 29.3 Å². The van der Waals surface area contributed by atoms with Crippen LogP contribution in [0.2, 0.25) is 0 Å². The van der Waals surface area contributed by atoms with Crippen LogP contribution >= 0.6 is 0 Å². The maximum absolute atomic E-state index is 12.3. The fourth-order valence-electron chi connectivity index (χ4n) is 2.57. The number of methoxy groups -OCH3 is 2. The lowest BCUT2D eigenvalue weighted by Gasteiger charge is -2.11. The van der Waals surface area contributed by atoms with Crippen LogP contribution in [0.5, 0.6) is 17.2 Å². The van der Waals surface area contributed by atoms with E-state index in [0.29, 0.717) is 30.2 Å². The molecular weight excluding hydrogens is 318 g/mol. The predicted molar refractivity (Wildman–Crippen MR) is 97.8 cm³/mol. The Morgan fingerprint density at radius 3 is 2.48 bits per heavy atom. The minimum atomic E-state index is -0.126. The number of rotatable bonds is 9. The summed E-state index contributed by atoms with van der Waals surface area (Å²) in [5.74, 6) is 1.93. The first kappa shape index (κ1) is 18.6. The molecule has 0 saturated carbocycles. The molecule has 0 aliphatic heterocycles. The molecule has 0 heterocycles. The predicted octanol–water partition coefficient (Wildman–Crippen LogP) is 3.47. The van der Waals surface area contributed by atoms with Gasteiger partial charge in [-0.3, -0.25) is 4.79 Å². The summed E-state index contributed by atoms with van der Waals surface area (Å²) in [4.78, 5) is 12.3. The highest BCUT2D eigenvalue weighted by Crippen LogP contribution is 2.27. The van der Waals surface area contributed by atoms with Gasteiger partial charge in [0.05, 0.1) is 20.8 Å². The number of hydrogen-bond acceptors (Lipinski definition) is 4. The van der Waals surface area contributed by atoms with Gasteiger partial charge in [0, 0.05) is 12.1 Å². The Morgan fingerprint density at radius 2 is 1.76 bits per heavy atom. The van der Waals surface area contributed by atoms with Gasteiger partial charge >= 0.3 is 0 Å². The van der Waals surface area contributed by atoms with Gasteiger partial charge in [0.2, 0.25) is 0 Å². The van der Waals surface area contributed by atoms with Crippen LogP contribution in [0, 0.1) is 0 Å². The van der Waals surface area contributed by atoms with Crippen LogP contribution in [0.25, 0.3) is 0 Å². The van der Waals surface area contributed by atoms with Crippen LogP contribution in [-0.2, 0) is 6.42 Å². The summed E-state index contributed by atoms with van der Waals surface area (Å²) in [6, 6.07) is 13.1. The standard InChI is InChI=1S/C20H25NO4/c1-4-25-17-10-6-5-8-15(17)9-7-13-21-20(22)16-11-12-18(23-2)19(14-16)24-3/h5-6,8,10-12,14H,4,7,9,13H2,1-3H3,(H,21,22). The molecule has 2 aromatic carbocycles. The lowest BCUT2D eigenvalue weighted by molar-refractivity contribution is 0.0953. The number of carbonyl (C=O) groups excluding carboxylic acids is 1. The van der Waals surface area contributed by atoms with Crippen molar-refractivity contribution in [3.63, 3.8) is 0 Å². The van der Waals surface area contributed by atoms with Crippen LogP contribution in [0.3, 0.4) is 0 Å². The van der Waals surface area contributed by atoms with Crippen molar-refractivity contribution in [1.82, 2.24) is 5.32 Å². The van der Waals surface area contributed by atoms with Gasteiger partial charge in [0.1, 0.15) is 5.75 Å². The first-order chi connectivity index (χ1) is 12.2. The molecule has 5 nitrogen and oxygen atoms in total. The third-order valence-corrected chi connectivity index (χ3v) is 3.83. The van der Waals surface area contributed by atoms with E-state index in [1.54, 1.807) is 32.4 Å². The molecule has 134 valence electrons. The Labute approximate surface area is 148 Å². The minimum absolute atomic E-state index is 0.126. The number of hydrogen-bond donors (Lipinski definition) is 1. The molecule has 1 amide bonds. The fourth-order valence-corrected chi connectivity index (χ4v) is 2.57. The minimum Gasteiger partial charge on any atom is -0.494 e. The highest BCUT2D eigenvalue weighted by Gasteiger charge is 2.10. The van der Waals surface area contributed by atoms with Crippen molar-refractivity contribution in [2.75, 3.05) is 27.4 Å². The van der Waals surface area contributed by atoms with Crippen molar-refractivity contribution in [3.05, 3.63) is 53.6 Å². The molecule has 0 aromatic heterocycles. The molecular formula is C20H25NO4. The largest absolute Gasteiger partial charge is 0.494 e. The van der Waals surface area contributed by atoms with Crippen molar-refractivity contribution >= 4 is 5.91 Å². The Kier molecular flexibility index (Phi) is 7.14. The normalized spacial score (nSPS) is 10.2. The molecule has 0 unspecified atom stereocenters. The molecule has 2 aromatic rings. The molecule has 0 radical (unpaired) electrons. The van der Waals surface area contributed by atoms with Gasteiger partial charge in [-0.15, -0.1) is 0 Å². The van der Waals surface area contributed by atoms with Gasteiger partial charge in [-0.1, -0.05) is 18.2 Å². The summed E-state index contributed by atoms with van der Waals surface area (Å²) >= 11 is 0. The third kappa shape index (κ3) is 5.14. The van der Waals surface area contributed by atoms with Gasteiger partial charge in [-0.2, -0.15) is 0 Å². The maximum atomic E-state index is 12.3. The number of carbonyl (C=O) groups is 1. The first-order valence-corrected chi connectivity index (χ1v) is 8.40. The van der Waals surface area contributed by atoms with E-state index in [1.807, 2.05) is 25.1 Å². The molecule has 25 heavy (non-hydrogen) atoms. The highest BCUT2D eigenvalue weighted by atomic mass is 16.5. The molecule has 1 N–H and O–H groups in total. The van der Waals surface area contributed by atoms with Crippen LogP contribution in [0.4, 0.5) is 0 Å². The second-order valence-corrected chi connectivity index (χ2v) is 5.47. The van der Waals surface area contributed by atoms with E-state index >= 15 is 0 Å². The van der Waals surface area contributed by atoms with Crippen LogP contribution < -0.4 is 19.5 Å². The molecule has 5 heteroatoms. The van der Waals surface area contributed by atoms with Gasteiger partial charge in [0.25, 0.3) is 5.91 Å². The Hall–Kier alpha value is -2.69. The van der Waals surface area contributed by atoms with E-state index < -0.39 is 0 Å². The molecule has 0 aliphatic carbocycles. The molecule has 0 fully saturated rings. The summed E-state index contributed by atoms with van der Waals surface area (Å²) in [5.41, 5.74) is 1.71. The first-order valence-electron chi connectivity index (χ1n) is 8.40. The SMILES string of the molecule is CCOc1ccccc1CCCNC(=O)c1ccc(OC)c(OC)c1. The van der Waals surface area contributed by atoms with Crippen molar-refractivity contribution in [3.8, 4) is 17.2 Å². The highest BCUT2D eigenvalue weighted by molar-refractivity contribution is 5.94. The van der Waals surface area contributed by atoms with Gasteiger partial charge < -0.3 is 19.5 Å². The van der Waals surface area contributed by atoms with E-state index in [-0.39, 0.29) is 5.91 Å². The molecule has 0 spiro atoms. The average Bonchev–Trinajstić information content (AvgIpc) is 2.65. The quantitative estimate of drug-likeness (QED) is 0.709. The summed E-state index contributed by atoms with van der Waals surface area (Å²) in [6.45, 7) is 3.21. The molecule has 2 rings (SSSR count). The number of ether oxygens (including phenoxy) is 3. The summed E-state index contributed by atoms with van der Waals surface area (Å²) in [6.07, 6.45) is 1.69. The number of para-hydroxylation sites is 1. The zero-order chi connectivity index (χ0) is 18.1. The number of benzene rings is 2. The Balaban J connectivity index is 1.87. The Bertz CT molecular complexity index is 700. The van der Waals surface area contributed by atoms with Crippen molar-refractivity contribution in [2.24, 2.45) is 0 Å². The zero-order valence-corrected chi connectivity index (χ0v) is 15.0. The van der Waals surface area contributed by atoms with Gasteiger partial charge in [-0.05, 0) is 49.6 Å². The lowest BCUT2D eigenvalue weighted by atomic mass is 10.1. The second kappa shape index (κ2) is 9.57. The van der Waals surface area contributed by atoms with Crippen molar-refractivity contribution < 1.29 is 19.0 Å². The van der Waals surface area contributed by atoms with E-state index in [4.69, 9.17) is 14.2 Å². The molecule has 0 atom stereocenters. The summed E-state index contributed by atoms with van der Waals surface area (Å²) in [7, 11) is 3.12. The smallest absolute Gasteiger partial charge is 0.251 e. The molecule has 0 bridgehead atoms. The summed E-state index contributed by atoms with van der Waals surface area (Å²) < 4.78 is 16.0. The monoisotopic (exact) mass is 343 g/mol. The average molecular weight is 343 g/mol. The van der Waals surface area contributed by atoms with Crippen LogP contribution in [0.15, 0.2) is 42.5 Å². The van der Waals surface area contributed by atoms with Crippen molar-refractivity contribution in [2.45, 2.75) is 19.8 Å². The third-order valence-electron chi connectivity index (χ3n) is 3.83. The summed E-state index contributed by atoms with van der Waals surface area (Å²) in [5, 5.41) is 2.93. The molecule has 0 saturated heterocycles. The topological polar surface area (TPSA) is 56.8 Å². The fraction of sp³-hybridized carbons (Fsp3) is 0.350. The second-order valence-electron chi connectivity index (χ2n) is 5.47. The zero-order valence-electron chi connectivity index (χ0n) is 15.0. The van der Waals surface area contributed by atoms with Crippen LogP contribution in [-0.4, -0.2) is 33.3 Å². The van der Waals surface area contributed by atoms with Crippen molar-refractivity contribution in [1.29, 1.82) is 0 Å². The Morgan fingerprint density at radius 1 is 1.00 bits per heavy atom. The van der Waals surface area contributed by atoms with E-state index in [2.05, 4.69) is 11.4 Å².